The molecule has 2 fully saturated rings. The lowest BCUT2D eigenvalue weighted by Crippen LogP contribution is -2.62. The van der Waals surface area contributed by atoms with Crippen molar-refractivity contribution in [2.45, 2.75) is 75.1 Å². The zero-order valence-corrected chi connectivity index (χ0v) is 19.5. The summed E-state index contributed by atoms with van der Waals surface area (Å²) in [5.41, 5.74) is 5.15. The second-order valence-corrected chi connectivity index (χ2v) is 9.82. The van der Waals surface area contributed by atoms with Gasteiger partial charge in [-0.15, -0.1) is 0 Å². The molecule has 1 saturated carbocycles. The van der Waals surface area contributed by atoms with Crippen molar-refractivity contribution in [1.29, 1.82) is 0 Å². The van der Waals surface area contributed by atoms with Gasteiger partial charge in [-0.1, -0.05) is 12.8 Å². The summed E-state index contributed by atoms with van der Waals surface area (Å²) in [5, 5.41) is 27.7. The van der Waals surface area contributed by atoms with Crippen LogP contribution in [0.1, 0.15) is 50.5 Å². The number of hydrogen-bond acceptors (Lipinski definition) is 6. The number of carboxylic acid groups (broad SMARTS) is 1. The second-order valence-electron chi connectivity index (χ2n) is 9.82. The summed E-state index contributed by atoms with van der Waals surface area (Å²) in [4.78, 5) is 16.3. The lowest BCUT2D eigenvalue weighted by atomic mass is 9.65. The van der Waals surface area contributed by atoms with Crippen molar-refractivity contribution < 1.29 is 33.1 Å². The van der Waals surface area contributed by atoms with E-state index in [0.717, 1.165) is 43.8 Å². The molecule has 1 aliphatic carbocycles. The Labute approximate surface area is 198 Å². The molecule has 190 valence electrons. The molecule has 2 aliphatic rings. The molecule has 11 heteroatoms. The topological polar surface area (TPSA) is 110 Å². The number of hydrogen-bond donors (Lipinski definition) is 4. The van der Waals surface area contributed by atoms with Gasteiger partial charge in [0.2, 0.25) is 0 Å². The molecule has 3 rings (SSSR count). The maximum atomic E-state index is 12.8. The number of benzene rings is 1. The van der Waals surface area contributed by atoms with Gasteiger partial charge in [0.05, 0.1) is 5.56 Å². The molecule has 1 aliphatic heterocycles. The number of halogens is 3. The highest BCUT2D eigenvalue weighted by atomic mass is 19.4. The van der Waals surface area contributed by atoms with Crippen molar-refractivity contribution in [1.82, 2.24) is 4.90 Å². The number of nitrogens with zero attached hydrogens (tertiary/aromatic N) is 2. The van der Waals surface area contributed by atoms with Crippen LogP contribution >= 0.6 is 0 Å². The number of alkyl halides is 3. The van der Waals surface area contributed by atoms with E-state index in [9.17, 15) is 23.1 Å². The molecule has 0 amide bonds. The predicted molar refractivity (Wildman–Crippen MR) is 124 cm³/mol. The van der Waals surface area contributed by atoms with Crippen LogP contribution in [0.25, 0.3) is 0 Å². The van der Waals surface area contributed by atoms with Gasteiger partial charge in [0, 0.05) is 30.9 Å². The number of aliphatic carboxylic acids is 1. The molecule has 0 aromatic heterocycles. The van der Waals surface area contributed by atoms with E-state index in [-0.39, 0.29) is 18.3 Å². The Morgan fingerprint density at radius 1 is 1.12 bits per heavy atom. The molecule has 0 unspecified atom stereocenters. The van der Waals surface area contributed by atoms with E-state index in [0.29, 0.717) is 38.1 Å². The first-order valence-corrected chi connectivity index (χ1v) is 11.9. The highest BCUT2D eigenvalue weighted by Gasteiger charge is 2.49. The maximum Gasteiger partial charge on any atom is 0.451 e. The van der Waals surface area contributed by atoms with Crippen LogP contribution in [0.4, 0.5) is 18.9 Å². The minimum atomic E-state index is -4.33. The van der Waals surface area contributed by atoms with Crippen molar-refractivity contribution in [3.63, 3.8) is 0 Å². The van der Waals surface area contributed by atoms with Gasteiger partial charge >= 0.3 is 19.3 Å². The number of carboxylic acids is 1. The Bertz CT molecular complexity index is 813. The van der Waals surface area contributed by atoms with Crippen LogP contribution < -0.4 is 10.6 Å². The third-order valence-corrected chi connectivity index (χ3v) is 7.72. The van der Waals surface area contributed by atoms with Crippen LogP contribution in [-0.4, -0.2) is 70.9 Å². The molecule has 34 heavy (non-hydrogen) atoms. The molecular formula is C23H35BF3N3O4. The van der Waals surface area contributed by atoms with Crippen LogP contribution in [0, 0.1) is 5.92 Å². The van der Waals surface area contributed by atoms with Crippen molar-refractivity contribution in [3.05, 3.63) is 29.8 Å². The molecule has 1 aromatic carbocycles. The van der Waals surface area contributed by atoms with Crippen molar-refractivity contribution in [3.8, 4) is 0 Å². The lowest BCUT2D eigenvalue weighted by Gasteiger charge is -2.51. The summed E-state index contributed by atoms with van der Waals surface area (Å²) in [6.07, 6.45) is 0.403. The molecule has 1 heterocycles. The molecule has 0 bridgehead atoms. The van der Waals surface area contributed by atoms with Crippen molar-refractivity contribution in [2.24, 2.45) is 11.7 Å². The molecular weight excluding hydrogens is 450 g/mol. The van der Waals surface area contributed by atoms with Crippen LogP contribution in [0.3, 0.4) is 0 Å². The van der Waals surface area contributed by atoms with E-state index in [4.69, 9.17) is 15.8 Å². The molecule has 1 saturated heterocycles. The highest BCUT2D eigenvalue weighted by Crippen LogP contribution is 2.42. The predicted octanol–water partition coefficient (Wildman–Crippen LogP) is 2.81. The summed E-state index contributed by atoms with van der Waals surface area (Å²) < 4.78 is 38.4. The number of piperidine rings is 1. The van der Waals surface area contributed by atoms with Crippen LogP contribution in [0.2, 0.25) is 6.32 Å². The minimum Gasteiger partial charge on any atom is -0.480 e. The fraction of sp³-hybridized carbons (Fsp3) is 0.696. The third-order valence-electron chi connectivity index (χ3n) is 7.72. The normalized spacial score (nSPS) is 23.5. The van der Waals surface area contributed by atoms with Gasteiger partial charge in [-0.3, -0.25) is 4.79 Å². The molecule has 1 aromatic rings. The first-order chi connectivity index (χ1) is 15.9. The Balaban J connectivity index is 1.47. The Kier molecular flexibility index (Phi) is 8.54. The first kappa shape index (κ1) is 26.8. The standard InChI is InChI=1S/C23H35BF3N3O4/c1-29(20-14-17(15-20)22(28,21(31)32)10-2-3-11-24(33)34)18-8-12-30(13-9-18)19-6-4-16(5-7-19)23(25,26)27/h4-7,17-18,20,33-34H,2-3,8-15,28H2,1H3,(H,31,32)/t17?,20?,22-/m0/s1. The van der Waals surface area contributed by atoms with Crippen LogP contribution in [0.15, 0.2) is 24.3 Å². The fourth-order valence-electron chi connectivity index (χ4n) is 5.26. The van der Waals surface area contributed by atoms with Gasteiger partial charge in [0.1, 0.15) is 5.54 Å². The highest BCUT2D eigenvalue weighted by molar-refractivity contribution is 6.40. The summed E-state index contributed by atoms with van der Waals surface area (Å²) >= 11 is 0. The molecule has 0 radical (unpaired) electrons. The average Bonchev–Trinajstić information content (AvgIpc) is 2.75. The summed E-state index contributed by atoms with van der Waals surface area (Å²) in [6.45, 7) is 1.51. The van der Waals surface area contributed by atoms with Gasteiger partial charge in [0.15, 0.2) is 0 Å². The number of unbranched alkanes of at least 4 members (excludes halogenated alkanes) is 1. The Hall–Kier alpha value is -1.82. The summed E-state index contributed by atoms with van der Waals surface area (Å²) in [7, 11) is 0.672. The number of rotatable bonds is 10. The second kappa shape index (κ2) is 10.8. The first-order valence-electron chi connectivity index (χ1n) is 11.9. The number of nitrogens with two attached hydrogens (primary N) is 1. The third kappa shape index (κ3) is 6.24. The van der Waals surface area contributed by atoms with Gasteiger partial charge in [-0.05, 0) is 75.7 Å². The fourth-order valence-corrected chi connectivity index (χ4v) is 5.26. The Morgan fingerprint density at radius 2 is 1.71 bits per heavy atom. The van der Waals surface area contributed by atoms with Crippen LogP contribution in [0.5, 0.6) is 0 Å². The zero-order chi connectivity index (χ0) is 25.1. The van der Waals surface area contributed by atoms with E-state index in [1.807, 2.05) is 0 Å². The van der Waals surface area contributed by atoms with E-state index in [2.05, 4.69) is 16.8 Å². The van der Waals surface area contributed by atoms with E-state index >= 15 is 0 Å². The minimum absolute atomic E-state index is 0.122. The van der Waals surface area contributed by atoms with E-state index in [1.54, 1.807) is 0 Å². The van der Waals surface area contributed by atoms with Crippen molar-refractivity contribution in [2.75, 3.05) is 25.0 Å². The average molecular weight is 485 g/mol. The van der Waals surface area contributed by atoms with E-state index < -0.39 is 30.4 Å². The summed E-state index contributed by atoms with van der Waals surface area (Å²) in [6, 6.07) is 5.88. The van der Waals surface area contributed by atoms with Gasteiger partial charge < -0.3 is 30.7 Å². The Morgan fingerprint density at radius 3 is 2.21 bits per heavy atom. The van der Waals surface area contributed by atoms with Gasteiger partial charge in [-0.25, -0.2) is 0 Å². The molecule has 1 atom stereocenters. The van der Waals surface area contributed by atoms with Gasteiger partial charge in [0.25, 0.3) is 0 Å². The lowest BCUT2D eigenvalue weighted by molar-refractivity contribution is -0.149. The molecule has 7 nitrogen and oxygen atoms in total. The zero-order valence-electron chi connectivity index (χ0n) is 19.5. The van der Waals surface area contributed by atoms with E-state index in [1.165, 1.54) is 12.1 Å². The molecule has 5 N–H and O–H groups in total. The van der Waals surface area contributed by atoms with Crippen LogP contribution in [-0.2, 0) is 11.0 Å². The molecule has 0 spiro atoms. The number of carbonyl (C=O) groups is 1. The maximum absolute atomic E-state index is 12.8. The monoisotopic (exact) mass is 485 g/mol. The van der Waals surface area contributed by atoms with Gasteiger partial charge in [-0.2, -0.15) is 13.2 Å². The largest absolute Gasteiger partial charge is 0.480 e. The summed E-state index contributed by atoms with van der Waals surface area (Å²) in [5.74, 6) is -1.13. The van der Waals surface area contributed by atoms with Crippen molar-refractivity contribution >= 4 is 18.8 Å². The SMILES string of the molecule is CN(C1CCN(c2ccc(C(F)(F)F)cc2)CC1)C1CC([C@@](N)(CCCCB(O)O)C(=O)O)C1. The smallest absolute Gasteiger partial charge is 0.451 e. The number of anilines is 1. The quantitative estimate of drug-likeness (QED) is 0.298.